The monoisotopic (exact) mass is 368 g/mol. The average molecular weight is 369 g/mol. The normalized spacial score (nSPS) is 12.5. The standard InChI is InChI=1S/C21H24N2O2S/c1-5-23(14-24)21(22-19-12-11-15(2)13-16(19)3)26-20(17(4)25)18-9-7-6-8-10-18/h6-14,20,25H,4-5H2,1-3H3. The Bertz CT molecular complexity index is 803. The minimum Gasteiger partial charge on any atom is -0.511 e. The van der Waals surface area contributed by atoms with E-state index in [1.807, 2.05) is 63.2 Å². The summed E-state index contributed by atoms with van der Waals surface area (Å²) < 4.78 is 0. The van der Waals surface area contributed by atoms with Crippen LogP contribution in [0, 0.1) is 13.8 Å². The van der Waals surface area contributed by atoms with Gasteiger partial charge in [0.05, 0.1) is 10.9 Å². The largest absolute Gasteiger partial charge is 0.511 e. The molecule has 0 aliphatic carbocycles. The molecule has 2 aromatic carbocycles. The highest BCUT2D eigenvalue weighted by Crippen LogP contribution is 2.36. The fourth-order valence-electron chi connectivity index (χ4n) is 2.51. The van der Waals surface area contributed by atoms with Gasteiger partial charge in [0.1, 0.15) is 5.76 Å². The molecule has 5 heteroatoms. The summed E-state index contributed by atoms with van der Waals surface area (Å²) in [5.41, 5.74) is 3.89. The van der Waals surface area contributed by atoms with Gasteiger partial charge in [0.25, 0.3) is 0 Å². The lowest BCUT2D eigenvalue weighted by Crippen LogP contribution is -2.27. The van der Waals surface area contributed by atoms with E-state index < -0.39 is 5.25 Å². The number of aliphatic hydroxyl groups excluding tert-OH is 1. The Morgan fingerprint density at radius 2 is 1.96 bits per heavy atom. The van der Waals surface area contributed by atoms with Crippen molar-refractivity contribution >= 4 is 29.0 Å². The van der Waals surface area contributed by atoms with Crippen LogP contribution in [0.15, 0.2) is 65.9 Å². The summed E-state index contributed by atoms with van der Waals surface area (Å²) >= 11 is 1.31. The summed E-state index contributed by atoms with van der Waals surface area (Å²) in [5, 5.41) is 10.2. The lowest BCUT2D eigenvalue weighted by Gasteiger charge is -2.22. The molecule has 0 saturated heterocycles. The summed E-state index contributed by atoms with van der Waals surface area (Å²) in [7, 11) is 0. The second-order valence-electron chi connectivity index (χ2n) is 5.98. The van der Waals surface area contributed by atoms with Gasteiger partial charge in [0.2, 0.25) is 6.41 Å². The van der Waals surface area contributed by atoms with Gasteiger partial charge in [-0.1, -0.05) is 66.4 Å². The van der Waals surface area contributed by atoms with Crippen molar-refractivity contribution in [3.63, 3.8) is 0 Å². The fourth-order valence-corrected chi connectivity index (χ4v) is 3.61. The highest BCUT2D eigenvalue weighted by molar-refractivity contribution is 8.14. The molecule has 0 aliphatic rings. The zero-order valence-electron chi connectivity index (χ0n) is 15.3. The minimum absolute atomic E-state index is 0.0245. The van der Waals surface area contributed by atoms with Gasteiger partial charge in [0.15, 0.2) is 5.17 Å². The number of aryl methyl sites for hydroxylation is 2. The minimum atomic E-state index is -0.408. The Morgan fingerprint density at radius 3 is 2.50 bits per heavy atom. The van der Waals surface area contributed by atoms with Crippen LogP contribution in [0.5, 0.6) is 0 Å². The molecule has 0 bridgehead atoms. The second kappa shape index (κ2) is 9.25. The number of carbonyl (C=O) groups is 1. The molecule has 0 radical (unpaired) electrons. The van der Waals surface area contributed by atoms with Crippen LogP contribution in [-0.4, -0.2) is 28.1 Å². The van der Waals surface area contributed by atoms with Gasteiger partial charge >= 0.3 is 0 Å². The molecule has 26 heavy (non-hydrogen) atoms. The van der Waals surface area contributed by atoms with Crippen molar-refractivity contribution in [1.82, 2.24) is 4.90 Å². The summed E-state index contributed by atoms with van der Waals surface area (Å²) in [5.74, 6) is 0.0245. The van der Waals surface area contributed by atoms with Crippen LogP contribution in [0.1, 0.15) is 28.9 Å². The Labute approximate surface area is 159 Å². The fraction of sp³-hybridized carbons (Fsp3) is 0.238. The van der Waals surface area contributed by atoms with Crippen molar-refractivity contribution in [1.29, 1.82) is 0 Å². The molecule has 2 rings (SSSR count). The molecular formula is C21H24N2O2S. The summed E-state index contributed by atoms with van der Waals surface area (Å²) in [6.07, 6.45) is 0.761. The van der Waals surface area contributed by atoms with Gasteiger partial charge in [-0.25, -0.2) is 4.99 Å². The molecule has 2 aromatic rings. The van der Waals surface area contributed by atoms with E-state index in [1.165, 1.54) is 16.7 Å². The predicted molar refractivity (Wildman–Crippen MR) is 110 cm³/mol. The summed E-state index contributed by atoms with van der Waals surface area (Å²) in [6, 6.07) is 15.6. The molecular weight excluding hydrogens is 344 g/mol. The maximum Gasteiger partial charge on any atom is 0.215 e. The molecule has 1 amide bonds. The van der Waals surface area contributed by atoms with E-state index in [4.69, 9.17) is 4.99 Å². The van der Waals surface area contributed by atoms with Crippen LogP contribution in [0.25, 0.3) is 0 Å². The molecule has 0 heterocycles. The summed E-state index contributed by atoms with van der Waals surface area (Å²) in [6.45, 7) is 10.1. The van der Waals surface area contributed by atoms with Crippen LogP contribution in [-0.2, 0) is 4.79 Å². The molecule has 1 unspecified atom stereocenters. The molecule has 1 N–H and O–H groups in total. The van der Waals surface area contributed by atoms with E-state index in [9.17, 15) is 9.90 Å². The predicted octanol–water partition coefficient (Wildman–Crippen LogP) is 5.32. The number of benzene rings is 2. The first-order valence-electron chi connectivity index (χ1n) is 8.43. The number of amidine groups is 1. The SMILES string of the molecule is C=C(O)C(SC(=Nc1ccc(C)cc1C)N(C=O)CC)c1ccccc1. The Kier molecular flexibility index (Phi) is 7.04. The lowest BCUT2D eigenvalue weighted by atomic mass is 10.1. The number of nitrogens with zero attached hydrogens (tertiary/aromatic N) is 2. The Hall–Kier alpha value is -2.53. The van der Waals surface area contributed by atoms with Gasteiger partial charge in [-0.15, -0.1) is 0 Å². The first kappa shape index (κ1) is 19.8. The number of rotatable bonds is 6. The molecule has 0 spiro atoms. The molecule has 4 nitrogen and oxygen atoms in total. The van der Waals surface area contributed by atoms with Crippen molar-refractivity contribution in [3.8, 4) is 0 Å². The van der Waals surface area contributed by atoms with Crippen molar-refractivity contribution in [3.05, 3.63) is 77.6 Å². The Morgan fingerprint density at radius 1 is 1.27 bits per heavy atom. The van der Waals surface area contributed by atoms with E-state index in [1.54, 1.807) is 0 Å². The first-order valence-corrected chi connectivity index (χ1v) is 9.31. The molecule has 0 saturated carbocycles. The zero-order chi connectivity index (χ0) is 19.1. The van der Waals surface area contributed by atoms with Crippen molar-refractivity contribution in [2.75, 3.05) is 6.54 Å². The highest BCUT2D eigenvalue weighted by Gasteiger charge is 2.22. The number of amides is 1. The van der Waals surface area contributed by atoms with Gasteiger partial charge in [-0.3, -0.25) is 9.69 Å². The van der Waals surface area contributed by atoms with Gasteiger partial charge < -0.3 is 5.11 Å². The van der Waals surface area contributed by atoms with E-state index in [-0.39, 0.29) is 5.76 Å². The van der Waals surface area contributed by atoms with E-state index >= 15 is 0 Å². The van der Waals surface area contributed by atoms with Crippen molar-refractivity contribution in [2.24, 2.45) is 4.99 Å². The number of hydrogen-bond acceptors (Lipinski definition) is 4. The van der Waals surface area contributed by atoms with Crippen LogP contribution in [0.3, 0.4) is 0 Å². The smallest absolute Gasteiger partial charge is 0.215 e. The molecule has 1 atom stereocenters. The van der Waals surface area contributed by atoms with Gasteiger partial charge in [-0.2, -0.15) is 0 Å². The lowest BCUT2D eigenvalue weighted by molar-refractivity contribution is -0.114. The maximum atomic E-state index is 11.5. The molecule has 0 fully saturated rings. The maximum absolute atomic E-state index is 11.5. The number of thioether (sulfide) groups is 1. The van der Waals surface area contributed by atoms with Crippen LogP contribution < -0.4 is 0 Å². The third-order valence-corrected chi connectivity index (χ3v) is 5.23. The van der Waals surface area contributed by atoms with Crippen molar-refractivity contribution < 1.29 is 9.90 Å². The Balaban J connectivity index is 2.45. The van der Waals surface area contributed by atoms with Gasteiger partial charge in [-0.05, 0) is 38.0 Å². The summed E-state index contributed by atoms with van der Waals surface area (Å²) in [4.78, 5) is 17.8. The topological polar surface area (TPSA) is 52.9 Å². The number of aliphatic hydroxyl groups is 1. The van der Waals surface area contributed by atoms with Crippen LogP contribution >= 0.6 is 11.8 Å². The second-order valence-corrected chi connectivity index (χ2v) is 7.05. The van der Waals surface area contributed by atoms with Crippen LogP contribution in [0.2, 0.25) is 0 Å². The van der Waals surface area contributed by atoms with Gasteiger partial charge in [0, 0.05) is 6.54 Å². The number of hydrogen-bond donors (Lipinski definition) is 1. The van der Waals surface area contributed by atoms with E-state index in [0.29, 0.717) is 11.7 Å². The van der Waals surface area contributed by atoms with Crippen LogP contribution in [0.4, 0.5) is 5.69 Å². The quantitative estimate of drug-likeness (QED) is 0.325. The molecule has 136 valence electrons. The third kappa shape index (κ3) is 4.99. The molecule has 0 aromatic heterocycles. The van der Waals surface area contributed by atoms with E-state index in [2.05, 4.69) is 12.6 Å². The zero-order valence-corrected chi connectivity index (χ0v) is 16.2. The third-order valence-electron chi connectivity index (χ3n) is 3.91. The average Bonchev–Trinajstić information content (AvgIpc) is 2.62. The van der Waals surface area contributed by atoms with Crippen molar-refractivity contribution in [2.45, 2.75) is 26.0 Å². The molecule has 0 aliphatic heterocycles. The first-order chi connectivity index (χ1) is 12.5. The van der Waals surface area contributed by atoms with E-state index in [0.717, 1.165) is 28.8 Å². The number of aliphatic imine (C=N–C) groups is 1. The number of carbonyl (C=O) groups excluding carboxylic acids is 1. The highest BCUT2D eigenvalue weighted by atomic mass is 32.2.